The Labute approximate surface area is 114 Å². The number of halogens is 1. The first kappa shape index (κ1) is 14.8. The zero-order chi connectivity index (χ0) is 13.5. The minimum absolute atomic E-state index is 0.137. The fourth-order valence-corrected chi connectivity index (χ4v) is 1.68. The van der Waals surface area contributed by atoms with E-state index < -0.39 is 0 Å². The molecule has 4 nitrogen and oxygen atoms in total. The van der Waals surface area contributed by atoms with Gasteiger partial charge in [0.05, 0.1) is 10.7 Å². The lowest BCUT2D eigenvalue weighted by Gasteiger charge is -2.19. The number of hydrogen-bond acceptors (Lipinski definition) is 2. The summed E-state index contributed by atoms with van der Waals surface area (Å²) in [5.41, 5.74) is 0.642. The van der Waals surface area contributed by atoms with E-state index in [0.717, 1.165) is 13.0 Å². The van der Waals surface area contributed by atoms with Crippen LogP contribution in [0.3, 0.4) is 0 Å². The molecule has 0 saturated carbocycles. The summed E-state index contributed by atoms with van der Waals surface area (Å²) in [7, 11) is 5.81. The third-order valence-corrected chi connectivity index (χ3v) is 2.89. The molecule has 1 rings (SSSR count). The molecule has 0 atom stereocenters. The van der Waals surface area contributed by atoms with Gasteiger partial charge in [-0.05, 0) is 39.2 Å². The summed E-state index contributed by atoms with van der Waals surface area (Å²) >= 11 is 5.98. The van der Waals surface area contributed by atoms with Crippen molar-refractivity contribution < 1.29 is 4.79 Å². The van der Waals surface area contributed by atoms with Gasteiger partial charge in [-0.25, -0.2) is 4.79 Å². The van der Waals surface area contributed by atoms with E-state index in [1.807, 2.05) is 26.2 Å². The fraction of sp³-hybridized carbons (Fsp3) is 0.462. The highest BCUT2D eigenvalue weighted by Gasteiger charge is 2.09. The van der Waals surface area contributed by atoms with E-state index in [4.69, 9.17) is 11.6 Å². The number of carbonyl (C=O) groups excluding carboxylic acids is 1. The summed E-state index contributed by atoms with van der Waals surface area (Å²) in [5.74, 6) is 0. The summed E-state index contributed by atoms with van der Waals surface area (Å²) < 4.78 is 0. The smallest absolute Gasteiger partial charge is 0.321 e. The molecule has 1 aromatic carbocycles. The Morgan fingerprint density at radius 2 is 1.89 bits per heavy atom. The average Bonchev–Trinajstić information content (AvgIpc) is 2.31. The van der Waals surface area contributed by atoms with Crippen LogP contribution in [0.25, 0.3) is 0 Å². The van der Waals surface area contributed by atoms with Gasteiger partial charge < -0.3 is 15.1 Å². The van der Waals surface area contributed by atoms with Crippen molar-refractivity contribution in [2.45, 2.75) is 6.42 Å². The molecule has 0 saturated heterocycles. The maximum absolute atomic E-state index is 11.9. The van der Waals surface area contributed by atoms with Gasteiger partial charge >= 0.3 is 6.03 Å². The van der Waals surface area contributed by atoms with Crippen LogP contribution in [-0.4, -0.2) is 50.1 Å². The predicted molar refractivity (Wildman–Crippen MR) is 76.3 cm³/mol. The monoisotopic (exact) mass is 269 g/mol. The quantitative estimate of drug-likeness (QED) is 0.892. The van der Waals surface area contributed by atoms with Gasteiger partial charge in [-0.3, -0.25) is 0 Å². The number of benzene rings is 1. The molecule has 1 N–H and O–H groups in total. The molecule has 0 aliphatic rings. The second-order valence-corrected chi connectivity index (χ2v) is 4.90. The van der Waals surface area contributed by atoms with Crippen LogP contribution in [0.5, 0.6) is 0 Å². The number of carbonyl (C=O) groups is 1. The van der Waals surface area contributed by atoms with Crippen LogP contribution in [0, 0.1) is 0 Å². The summed E-state index contributed by atoms with van der Waals surface area (Å²) in [6, 6.07) is 7.07. The first-order valence-corrected chi connectivity index (χ1v) is 6.30. The summed E-state index contributed by atoms with van der Waals surface area (Å²) in [4.78, 5) is 15.6. The molecular weight excluding hydrogens is 250 g/mol. The second-order valence-electron chi connectivity index (χ2n) is 4.49. The largest absolute Gasteiger partial charge is 0.328 e. The summed E-state index contributed by atoms with van der Waals surface area (Å²) in [5, 5.41) is 3.34. The Morgan fingerprint density at radius 3 is 2.50 bits per heavy atom. The van der Waals surface area contributed by atoms with Crippen molar-refractivity contribution in [1.82, 2.24) is 9.80 Å². The lowest BCUT2D eigenvalue weighted by molar-refractivity contribution is 0.220. The average molecular weight is 270 g/mol. The highest BCUT2D eigenvalue weighted by molar-refractivity contribution is 6.33. The van der Waals surface area contributed by atoms with Crippen LogP contribution in [-0.2, 0) is 0 Å². The summed E-state index contributed by atoms with van der Waals surface area (Å²) in [6.45, 7) is 1.68. The number of anilines is 1. The number of amides is 2. The third kappa shape index (κ3) is 4.94. The molecule has 2 amide bonds. The molecular formula is C13H20ClN3O. The number of nitrogens with zero attached hydrogens (tertiary/aromatic N) is 2. The minimum Gasteiger partial charge on any atom is -0.328 e. The highest BCUT2D eigenvalue weighted by atomic mass is 35.5. The zero-order valence-corrected chi connectivity index (χ0v) is 11.9. The van der Waals surface area contributed by atoms with Gasteiger partial charge in [-0.15, -0.1) is 0 Å². The van der Waals surface area contributed by atoms with Gasteiger partial charge in [0, 0.05) is 13.6 Å². The maximum atomic E-state index is 11.9. The molecule has 0 spiro atoms. The van der Waals surface area contributed by atoms with Gasteiger partial charge in [0.25, 0.3) is 0 Å². The number of urea groups is 1. The van der Waals surface area contributed by atoms with Crippen molar-refractivity contribution in [2.75, 3.05) is 39.5 Å². The molecule has 0 heterocycles. The number of para-hydroxylation sites is 1. The van der Waals surface area contributed by atoms with E-state index >= 15 is 0 Å². The Bertz CT molecular complexity index is 396. The van der Waals surface area contributed by atoms with Gasteiger partial charge in [-0.2, -0.15) is 0 Å². The Hall–Kier alpha value is -1.26. The lowest BCUT2D eigenvalue weighted by Crippen LogP contribution is -2.33. The molecule has 18 heavy (non-hydrogen) atoms. The zero-order valence-electron chi connectivity index (χ0n) is 11.1. The maximum Gasteiger partial charge on any atom is 0.321 e. The predicted octanol–water partition coefficient (Wildman–Crippen LogP) is 2.76. The Morgan fingerprint density at radius 1 is 1.22 bits per heavy atom. The molecule has 0 aromatic heterocycles. The molecule has 0 bridgehead atoms. The van der Waals surface area contributed by atoms with E-state index in [1.165, 1.54) is 0 Å². The highest BCUT2D eigenvalue weighted by Crippen LogP contribution is 2.20. The molecule has 100 valence electrons. The fourth-order valence-electron chi connectivity index (χ4n) is 1.50. The van der Waals surface area contributed by atoms with Gasteiger partial charge in [0.2, 0.25) is 0 Å². The van der Waals surface area contributed by atoms with Crippen LogP contribution in [0.2, 0.25) is 5.02 Å². The van der Waals surface area contributed by atoms with Crippen molar-refractivity contribution in [3.63, 3.8) is 0 Å². The van der Waals surface area contributed by atoms with Gasteiger partial charge in [0.15, 0.2) is 0 Å². The van der Waals surface area contributed by atoms with Crippen LogP contribution < -0.4 is 5.32 Å². The normalized spacial score (nSPS) is 10.5. The first-order chi connectivity index (χ1) is 8.50. The number of nitrogens with one attached hydrogen (secondary N) is 1. The van der Waals surface area contributed by atoms with Crippen LogP contribution in [0.4, 0.5) is 10.5 Å². The first-order valence-electron chi connectivity index (χ1n) is 5.92. The minimum atomic E-state index is -0.137. The molecule has 0 radical (unpaired) electrons. The van der Waals surface area contributed by atoms with Gasteiger partial charge in [0.1, 0.15) is 0 Å². The molecule has 0 unspecified atom stereocenters. The Balaban J connectivity index is 2.43. The second kappa shape index (κ2) is 7.24. The van der Waals surface area contributed by atoms with Crippen LogP contribution in [0.1, 0.15) is 6.42 Å². The summed E-state index contributed by atoms with van der Waals surface area (Å²) in [6.07, 6.45) is 0.944. The third-order valence-electron chi connectivity index (χ3n) is 2.56. The molecule has 0 fully saturated rings. The van der Waals surface area contributed by atoms with E-state index in [1.54, 1.807) is 24.1 Å². The van der Waals surface area contributed by atoms with Crippen LogP contribution in [0.15, 0.2) is 24.3 Å². The lowest BCUT2D eigenvalue weighted by atomic mass is 10.3. The number of hydrogen-bond donors (Lipinski definition) is 1. The molecule has 0 aliphatic heterocycles. The topological polar surface area (TPSA) is 35.6 Å². The van der Waals surface area contributed by atoms with Crippen molar-refractivity contribution in [1.29, 1.82) is 0 Å². The van der Waals surface area contributed by atoms with Crippen molar-refractivity contribution >= 4 is 23.3 Å². The van der Waals surface area contributed by atoms with Gasteiger partial charge in [-0.1, -0.05) is 23.7 Å². The van der Waals surface area contributed by atoms with Crippen LogP contribution >= 0.6 is 11.6 Å². The van der Waals surface area contributed by atoms with E-state index in [2.05, 4.69) is 10.2 Å². The van der Waals surface area contributed by atoms with E-state index in [-0.39, 0.29) is 6.03 Å². The standard InChI is InChI=1S/C13H20ClN3O/c1-16(2)9-6-10-17(3)13(18)15-12-8-5-4-7-11(12)14/h4-5,7-8H,6,9-10H2,1-3H3,(H,15,18). The SMILES string of the molecule is CN(C)CCCN(C)C(=O)Nc1ccccc1Cl. The van der Waals surface area contributed by atoms with Crippen molar-refractivity contribution in [3.05, 3.63) is 29.3 Å². The number of rotatable bonds is 5. The molecule has 5 heteroatoms. The van der Waals surface area contributed by atoms with Crippen molar-refractivity contribution in [2.24, 2.45) is 0 Å². The van der Waals surface area contributed by atoms with E-state index in [9.17, 15) is 4.79 Å². The van der Waals surface area contributed by atoms with E-state index in [0.29, 0.717) is 17.3 Å². The van der Waals surface area contributed by atoms with Crippen molar-refractivity contribution in [3.8, 4) is 0 Å². The Kier molecular flexibility index (Phi) is 5.95. The molecule has 0 aliphatic carbocycles. The molecule has 1 aromatic rings.